The van der Waals surface area contributed by atoms with E-state index in [4.69, 9.17) is 0 Å². The highest BCUT2D eigenvalue weighted by molar-refractivity contribution is 5.74. The zero-order chi connectivity index (χ0) is 9.98. The van der Waals surface area contributed by atoms with Crippen LogP contribution in [-0.2, 0) is 9.59 Å². The molecule has 0 aromatic heterocycles. The summed E-state index contributed by atoms with van der Waals surface area (Å²) in [5.74, 6) is 5.08. The van der Waals surface area contributed by atoms with Crippen LogP contribution < -0.4 is 11.3 Å². The SMILES string of the molecule is CC(C)CC=O.CCC(=O)NN. The fourth-order valence-electron chi connectivity index (χ4n) is 0.295. The van der Waals surface area contributed by atoms with Gasteiger partial charge in [-0.25, -0.2) is 5.84 Å². The molecule has 0 heterocycles. The van der Waals surface area contributed by atoms with Crippen LogP contribution in [0.3, 0.4) is 0 Å². The van der Waals surface area contributed by atoms with Crippen molar-refractivity contribution in [3.63, 3.8) is 0 Å². The second-order valence-electron chi connectivity index (χ2n) is 2.72. The largest absolute Gasteiger partial charge is 0.303 e. The second-order valence-corrected chi connectivity index (χ2v) is 2.72. The number of hydrazine groups is 1. The topological polar surface area (TPSA) is 72.2 Å². The van der Waals surface area contributed by atoms with E-state index in [1.165, 1.54) is 0 Å². The number of aldehydes is 1. The fraction of sp³-hybridized carbons (Fsp3) is 0.750. The van der Waals surface area contributed by atoms with Gasteiger partial charge < -0.3 is 4.79 Å². The second kappa shape index (κ2) is 10.1. The zero-order valence-electron chi connectivity index (χ0n) is 7.96. The average Bonchev–Trinajstić information content (AvgIpc) is 2.04. The van der Waals surface area contributed by atoms with Gasteiger partial charge in [-0.1, -0.05) is 20.8 Å². The minimum atomic E-state index is -0.130. The van der Waals surface area contributed by atoms with Crippen LogP contribution in [0.4, 0.5) is 0 Å². The number of amides is 1. The minimum absolute atomic E-state index is 0.130. The van der Waals surface area contributed by atoms with Gasteiger partial charge in [0, 0.05) is 12.8 Å². The van der Waals surface area contributed by atoms with Crippen LogP contribution >= 0.6 is 0 Å². The van der Waals surface area contributed by atoms with Crippen LogP contribution in [0.2, 0.25) is 0 Å². The molecule has 0 aliphatic carbocycles. The molecule has 4 heteroatoms. The molecule has 0 saturated carbocycles. The summed E-state index contributed by atoms with van der Waals surface area (Å²) in [6.45, 7) is 5.78. The van der Waals surface area contributed by atoms with Crippen molar-refractivity contribution in [2.45, 2.75) is 33.6 Å². The highest BCUT2D eigenvalue weighted by Crippen LogP contribution is 1.92. The van der Waals surface area contributed by atoms with E-state index in [9.17, 15) is 9.59 Å². The Hall–Kier alpha value is -0.900. The predicted octanol–water partition coefficient (Wildman–Crippen LogP) is 0.618. The van der Waals surface area contributed by atoms with Crippen molar-refractivity contribution in [3.05, 3.63) is 0 Å². The lowest BCUT2D eigenvalue weighted by Crippen LogP contribution is -2.28. The quantitative estimate of drug-likeness (QED) is 0.285. The summed E-state index contributed by atoms with van der Waals surface area (Å²) in [6.07, 6.45) is 2.10. The van der Waals surface area contributed by atoms with E-state index in [0.29, 0.717) is 18.8 Å². The Morgan fingerprint density at radius 2 is 2.08 bits per heavy atom. The predicted molar refractivity (Wildman–Crippen MR) is 48.1 cm³/mol. The standard InChI is InChI=1S/C5H10O.C3H8N2O/c1-5(2)3-4-6;1-2-3(6)5-4/h4-5H,3H2,1-2H3;2,4H2,1H3,(H,5,6). The van der Waals surface area contributed by atoms with Crippen molar-refractivity contribution < 1.29 is 9.59 Å². The summed E-state index contributed by atoms with van der Waals surface area (Å²) in [7, 11) is 0. The van der Waals surface area contributed by atoms with Crippen LogP contribution in [0.15, 0.2) is 0 Å². The van der Waals surface area contributed by atoms with Crippen LogP contribution in [0.1, 0.15) is 33.6 Å². The Morgan fingerprint density at radius 1 is 1.58 bits per heavy atom. The maximum Gasteiger partial charge on any atom is 0.233 e. The smallest absolute Gasteiger partial charge is 0.233 e. The molecule has 0 aromatic carbocycles. The number of nitrogens with two attached hydrogens (primary N) is 1. The lowest BCUT2D eigenvalue weighted by Gasteiger charge is -1.89. The molecule has 0 radical (unpaired) electrons. The third-order valence-corrected chi connectivity index (χ3v) is 1.05. The lowest BCUT2D eigenvalue weighted by atomic mass is 10.2. The molecule has 0 fully saturated rings. The molecule has 0 atom stereocenters. The first kappa shape index (κ1) is 13.7. The van der Waals surface area contributed by atoms with Crippen molar-refractivity contribution in [3.8, 4) is 0 Å². The maximum absolute atomic E-state index is 9.94. The molecule has 4 nitrogen and oxygen atoms in total. The summed E-state index contributed by atoms with van der Waals surface area (Å²) in [5, 5.41) is 0. The molecule has 1 amide bonds. The molecular weight excluding hydrogens is 156 g/mol. The number of carbonyl (C=O) groups excluding carboxylic acids is 2. The van der Waals surface area contributed by atoms with Crippen LogP contribution in [-0.4, -0.2) is 12.2 Å². The van der Waals surface area contributed by atoms with Crippen LogP contribution in [0.5, 0.6) is 0 Å². The van der Waals surface area contributed by atoms with Gasteiger partial charge in [0.2, 0.25) is 5.91 Å². The van der Waals surface area contributed by atoms with Crippen molar-refractivity contribution in [1.29, 1.82) is 0 Å². The molecule has 0 bridgehead atoms. The van der Waals surface area contributed by atoms with Gasteiger partial charge in [0.25, 0.3) is 0 Å². The van der Waals surface area contributed by atoms with E-state index < -0.39 is 0 Å². The summed E-state index contributed by atoms with van der Waals surface area (Å²) in [5.41, 5.74) is 1.98. The molecule has 72 valence electrons. The highest BCUT2D eigenvalue weighted by atomic mass is 16.2. The van der Waals surface area contributed by atoms with E-state index in [1.54, 1.807) is 6.92 Å². The Labute approximate surface area is 73.5 Å². The van der Waals surface area contributed by atoms with Gasteiger partial charge in [0.15, 0.2) is 0 Å². The van der Waals surface area contributed by atoms with E-state index >= 15 is 0 Å². The molecule has 0 aromatic rings. The van der Waals surface area contributed by atoms with Gasteiger partial charge >= 0.3 is 0 Å². The molecule has 12 heavy (non-hydrogen) atoms. The first-order valence-electron chi connectivity index (χ1n) is 4.01. The van der Waals surface area contributed by atoms with E-state index in [-0.39, 0.29) is 5.91 Å². The Kier molecular flexibility index (Phi) is 11.5. The van der Waals surface area contributed by atoms with Gasteiger partial charge in [0.05, 0.1) is 0 Å². The third-order valence-electron chi connectivity index (χ3n) is 1.05. The number of hydrogen-bond acceptors (Lipinski definition) is 3. The molecule has 0 aliphatic heterocycles. The first-order chi connectivity index (χ1) is 5.58. The van der Waals surface area contributed by atoms with Crippen molar-refractivity contribution in [1.82, 2.24) is 5.43 Å². The summed E-state index contributed by atoms with van der Waals surface area (Å²) in [6, 6.07) is 0. The van der Waals surface area contributed by atoms with Gasteiger partial charge in [-0.2, -0.15) is 0 Å². The molecule has 0 rings (SSSR count). The van der Waals surface area contributed by atoms with Crippen molar-refractivity contribution >= 4 is 12.2 Å². The average molecular weight is 174 g/mol. The van der Waals surface area contributed by atoms with Crippen molar-refractivity contribution in [2.24, 2.45) is 11.8 Å². The molecule has 0 saturated heterocycles. The van der Waals surface area contributed by atoms with E-state index in [1.807, 2.05) is 19.3 Å². The van der Waals surface area contributed by atoms with E-state index in [0.717, 1.165) is 6.29 Å². The molecule has 0 unspecified atom stereocenters. The normalized spacial score (nSPS) is 8.42. The number of rotatable bonds is 3. The highest BCUT2D eigenvalue weighted by Gasteiger charge is 1.86. The Balaban J connectivity index is 0. The van der Waals surface area contributed by atoms with Gasteiger partial charge in [-0.3, -0.25) is 10.2 Å². The maximum atomic E-state index is 9.94. The molecular formula is C8H18N2O2. The summed E-state index contributed by atoms with van der Waals surface area (Å²) in [4.78, 5) is 19.6. The van der Waals surface area contributed by atoms with Gasteiger partial charge in [-0.05, 0) is 5.92 Å². The Bertz CT molecular complexity index is 118. The fourth-order valence-corrected chi connectivity index (χ4v) is 0.295. The Morgan fingerprint density at radius 3 is 2.08 bits per heavy atom. The number of nitrogens with one attached hydrogen (secondary N) is 1. The summed E-state index contributed by atoms with van der Waals surface area (Å²) >= 11 is 0. The molecule has 0 aliphatic rings. The third kappa shape index (κ3) is 16.0. The van der Waals surface area contributed by atoms with Crippen molar-refractivity contribution in [2.75, 3.05) is 0 Å². The number of carbonyl (C=O) groups is 2. The van der Waals surface area contributed by atoms with Gasteiger partial charge in [-0.15, -0.1) is 0 Å². The molecule has 0 spiro atoms. The monoisotopic (exact) mass is 174 g/mol. The molecule has 3 N–H and O–H groups in total. The minimum Gasteiger partial charge on any atom is -0.303 e. The van der Waals surface area contributed by atoms with Crippen LogP contribution in [0, 0.1) is 5.92 Å². The van der Waals surface area contributed by atoms with Gasteiger partial charge in [0.1, 0.15) is 6.29 Å². The number of hydrogen-bond donors (Lipinski definition) is 2. The summed E-state index contributed by atoms with van der Waals surface area (Å²) < 4.78 is 0. The zero-order valence-corrected chi connectivity index (χ0v) is 7.96. The van der Waals surface area contributed by atoms with Crippen LogP contribution in [0.25, 0.3) is 0 Å². The van der Waals surface area contributed by atoms with E-state index in [2.05, 4.69) is 5.84 Å². The first-order valence-corrected chi connectivity index (χ1v) is 4.01. The lowest BCUT2D eigenvalue weighted by molar-refractivity contribution is -0.120.